The number of rotatable bonds is 6. The molecule has 0 N–H and O–H groups in total. The molecule has 8 heteroatoms. The van der Waals surface area contributed by atoms with Gasteiger partial charge in [0, 0.05) is 51.4 Å². The fourth-order valence-corrected chi connectivity index (χ4v) is 3.37. The second-order valence-electron chi connectivity index (χ2n) is 6.91. The molecule has 1 aliphatic rings. The van der Waals surface area contributed by atoms with E-state index >= 15 is 0 Å². The number of aromatic nitrogens is 3. The minimum absolute atomic E-state index is 0.00808. The quantitative estimate of drug-likeness (QED) is 0.750. The third kappa shape index (κ3) is 4.89. The number of nitrogens with zero attached hydrogens (tertiary/aromatic N) is 5. The van der Waals surface area contributed by atoms with Gasteiger partial charge < -0.3 is 14.5 Å². The van der Waals surface area contributed by atoms with Gasteiger partial charge in [-0.05, 0) is 31.4 Å². The Morgan fingerprint density at radius 1 is 1.29 bits per heavy atom. The van der Waals surface area contributed by atoms with Gasteiger partial charge in [0.1, 0.15) is 12.3 Å². The van der Waals surface area contributed by atoms with Crippen LogP contribution in [0.4, 0.5) is 0 Å². The average molecular weight is 383 g/mol. The van der Waals surface area contributed by atoms with Gasteiger partial charge in [-0.15, -0.1) is 0 Å². The Morgan fingerprint density at radius 3 is 2.82 bits per heavy atom. The Morgan fingerprint density at radius 2 is 2.14 bits per heavy atom. The number of carbonyl (C=O) groups is 2. The van der Waals surface area contributed by atoms with E-state index in [1.165, 1.54) is 13.3 Å². The van der Waals surface area contributed by atoms with Gasteiger partial charge in [0.05, 0.1) is 11.9 Å². The predicted molar refractivity (Wildman–Crippen MR) is 102 cm³/mol. The van der Waals surface area contributed by atoms with E-state index in [1.807, 2.05) is 19.1 Å². The van der Waals surface area contributed by atoms with Crippen LogP contribution in [0.3, 0.4) is 0 Å². The van der Waals surface area contributed by atoms with Crippen LogP contribution in [0.5, 0.6) is 0 Å². The maximum absolute atomic E-state index is 12.8. The van der Waals surface area contributed by atoms with Crippen molar-refractivity contribution < 1.29 is 14.3 Å². The number of piperidine rings is 1. The van der Waals surface area contributed by atoms with E-state index in [-0.39, 0.29) is 24.5 Å². The number of hydrogen-bond donors (Lipinski definition) is 0. The maximum Gasteiger partial charge on any atom is 0.274 e. The summed E-state index contributed by atoms with van der Waals surface area (Å²) in [5.41, 5.74) is 2.04. The molecule has 0 spiro atoms. The summed E-state index contributed by atoms with van der Waals surface area (Å²) in [6.07, 6.45) is 8.20. The first-order valence-corrected chi connectivity index (χ1v) is 9.33. The zero-order chi connectivity index (χ0) is 19.9. The van der Waals surface area contributed by atoms with Gasteiger partial charge in [-0.3, -0.25) is 19.6 Å². The molecular weight excluding hydrogens is 358 g/mol. The molecule has 28 heavy (non-hydrogen) atoms. The highest BCUT2D eigenvalue weighted by Crippen LogP contribution is 2.20. The lowest BCUT2D eigenvalue weighted by atomic mass is 10.0. The lowest BCUT2D eigenvalue weighted by molar-refractivity contribution is -0.139. The monoisotopic (exact) mass is 383 g/mol. The highest BCUT2D eigenvalue weighted by Gasteiger charge is 2.31. The van der Waals surface area contributed by atoms with Crippen LogP contribution in [0.15, 0.2) is 36.9 Å². The largest absolute Gasteiger partial charge is 0.375 e. The first-order valence-electron chi connectivity index (χ1n) is 9.33. The Balaban J connectivity index is 1.75. The van der Waals surface area contributed by atoms with Gasteiger partial charge in [0.15, 0.2) is 0 Å². The van der Waals surface area contributed by atoms with Crippen molar-refractivity contribution >= 4 is 11.8 Å². The molecule has 3 rings (SSSR count). The SMILES string of the molecule is COCC(=O)N(Cc1cccnc1)C1CCCN(C(=O)c2cnc(C)cn2)C1. The number of carbonyl (C=O) groups excluding carboxylic acids is 2. The molecule has 0 aliphatic carbocycles. The summed E-state index contributed by atoms with van der Waals surface area (Å²) in [7, 11) is 1.51. The minimum atomic E-state index is -0.155. The van der Waals surface area contributed by atoms with Crippen molar-refractivity contribution in [3.8, 4) is 0 Å². The van der Waals surface area contributed by atoms with Gasteiger partial charge in [-0.25, -0.2) is 4.98 Å². The van der Waals surface area contributed by atoms with Crippen molar-refractivity contribution in [1.29, 1.82) is 0 Å². The van der Waals surface area contributed by atoms with E-state index in [9.17, 15) is 9.59 Å². The van der Waals surface area contributed by atoms with Crippen molar-refractivity contribution in [2.75, 3.05) is 26.8 Å². The van der Waals surface area contributed by atoms with Gasteiger partial charge in [-0.2, -0.15) is 0 Å². The zero-order valence-corrected chi connectivity index (χ0v) is 16.2. The van der Waals surface area contributed by atoms with E-state index in [2.05, 4.69) is 15.0 Å². The minimum Gasteiger partial charge on any atom is -0.375 e. The smallest absolute Gasteiger partial charge is 0.274 e. The van der Waals surface area contributed by atoms with E-state index in [1.54, 1.807) is 28.4 Å². The summed E-state index contributed by atoms with van der Waals surface area (Å²) < 4.78 is 5.06. The molecule has 0 aromatic carbocycles. The van der Waals surface area contributed by atoms with Crippen molar-refractivity contribution in [2.45, 2.75) is 32.4 Å². The summed E-state index contributed by atoms with van der Waals surface area (Å²) in [5.74, 6) is -0.251. The van der Waals surface area contributed by atoms with Crippen LogP contribution in [0.2, 0.25) is 0 Å². The molecule has 2 aromatic rings. The number of methoxy groups -OCH3 is 1. The summed E-state index contributed by atoms with van der Waals surface area (Å²) in [6, 6.07) is 3.70. The lowest BCUT2D eigenvalue weighted by Gasteiger charge is -2.39. The molecule has 148 valence electrons. The normalized spacial score (nSPS) is 16.6. The molecule has 8 nitrogen and oxygen atoms in total. The molecule has 1 saturated heterocycles. The fraction of sp³-hybridized carbons (Fsp3) is 0.450. The molecule has 0 bridgehead atoms. The second kappa shape index (κ2) is 9.36. The molecule has 1 atom stereocenters. The van der Waals surface area contributed by atoms with Crippen molar-refractivity contribution in [3.05, 3.63) is 53.9 Å². The third-order valence-electron chi connectivity index (χ3n) is 4.79. The summed E-state index contributed by atoms with van der Waals surface area (Å²) in [5, 5.41) is 0. The summed E-state index contributed by atoms with van der Waals surface area (Å²) in [6.45, 7) is 3.38. The molecule has 1 aliphatic heterocycles. The van der Waals surface area contributed by atoms with Crippen LogP contribution in [0, 0.1) is 6.92 Å². The Labute approximate surface area is 164 Å². The van der Waals surface area contributed by atoms with Gasteiger partial charge in [0.25, 0.3) is 5.91 Å². The van der Waals surface area contributed by atoms with Crippen LogP contribution < -0.4 is 0 Å². The number of likely N-dealkylation sites (tertiary alicyclic amines) is 1. The first kappa shape index (κ1) is 19.9. The van der Waals surface area contributed by atoms with E-state index in [0.29, 0.717) is 25.3 Å². The van der Waals surface area contributed by atoms with E-state index in [4.69, 9.17) is 4.74 Å². The first-order chi connectivity index (χ1) is 13.6. The number of aryl methyl sites for hydroxylation is 1. The number of pyridine rings is 1. The summed E-state index contributed by atoms with van der Waals surface area (Å²) >= 11 is 0. The van der Waals surface area contributed by atoms with Gasteiger partial charge in [-0.1, -0.05) is 6.07 Å². The van der Waals surface area contributed by atoms with E-state index in [0.717, 1.165) is 24.1 Å². The third-order valence-corrected chi connectivity index (χ3v) is 4.79. The Bertz CT molecular complexity index is 797. The van der Waals surface area contributed by atoms with Crippen LogP contribution in [0.25, 0.3) is 0 Å². The molecule has 0 radical (unpaired) electrons. The molecule has 2 amide bonds. The standard InChI is InChI=1S/C20H25N5O3/c1-15-9-23-18(11-22-15)20(27)24-8-4-6-17(13-24)25(19(26)14-28-2)12-16-5-3-7-21-10-16/h3,5,7,9-11,17H,4,6,8,12-14H2,1-2H3. The topological polar surface area (TPSA) is 88.5 Å². The molecule has 1 fully saturated rings. The van der Waals surface area contributed by atoms with Gasteiger partial charge >= 0.3 is 0 Å². The predicted octanol–water partition coefficient (Wildman–Crippen LogP) is 1.46. The highest BCUT2D eigenvalue weighted by atomic mass is 16.5. The van der Waals surface area contributed by atoms with Crippen molar-refractivity contribution in [2.24, 2.45) is 0 Å². The van der Waals surface area contributed by atoms with Crippen LogP contribution in [-0.4, -0.2) is 69.4 Å². The van der Waals surface area contributed by atoms with Crippen LogP contribution >= 0.6 is 0 Å². The van der Waals surface area contributed by atoms with Crippen molar-refractivity contribution in [3.63, 3.8) is 0 Å². The number of hydrogen-bond acceptors (Lipinski definition) is 6. The lowest BCUT2D eigenvalue weighted by Crippen LogP contribution is -2.52. The zero-order valence-electron chi connectivity index (χ0n) is 16.2. The maximum atomic E-state index is 12.8. The molecule has 3 heterocycles. The van der Waals surface area contributed by atoms with Crippen molar-refractivity contribution in [1.82, 2.24) is 24.8 Å². The van der Waals surface area contributed by atoms with E-state index < -0.39 is 0 Å². The second-order valence-corrected chi connectivity index (χ2v) is 6.91. The number of amides is 2. The average Bonchev–Trinajstić information content (AvgIpc) is 2.73. The highest BCUT2D eigenvalue weighted by molar-refractivity contribution is 5.92. The summed E-state index contributed by atoms with van der Waals surface area (Å²) in [4.78, 5) is 41.5. The molecule has 0 saturated carbocycles. The Kier molecular flexibility index (Phi) is 6.65. The van der Waals surface area contributed by atoms with Crippen LogP contribution in [0.1, 0.15) is 34.6 Å². The van der Waals surface area contributed by atoms with Crippen LogP contribution in [-0.2, 0) is 16.1 Å². The number of ether oxygens (including phenoxy) is 1. The Hall–Kier alpha value is -2.87. The van der Waals surface area contributed by atoms with Gasteiger partial charge in [0.2, 0.25) is 5.91 Å². The fourth-order valence-electron chi connectivity index (χ4n) is 3.37. The molecule has 1 unspecified atom stereocenters. The molecule has 2 aromatic heterocycles. The molecular formula is C20H25N5O3.